The van der Waals surface area contributed by atoms with Crippen LogP contribution in [0, 0.1) is 5.82 Å². The first kappa shape index (κ1) is 23.5. The molecular formula is C29H26FN3O3. The van der Waals surface area contributed by atoms with Crippen molar-refractivity contribution < 1.29 is 19.0 Å². The van der Waals surface area contributed by atoms with Gasteiger partial charge in [-0.3, -0.25) is 0 Å². The summed E-state index contributed by atoms with van der Waals surface area (Å²) in [6.45, 7) is 0.683. The SMILES string of the molecule is COc1cccc(C2c3ccccc3CCN2c2ncc(C(=O)O)c(CCc3ccc(F)cc3)n2)c1. The van der Waals surface area contributed by atoms with Crippen LogP contribution in [-0.4, -0.2) is 34.7 Å². The highest BCUT2D eigenvalue weighted by molar-refractivity contribution is 5.88. The number of anilines is 1. The highest BCUT2D eigenvalue weighted by atomic mass is 19.1. The largest absolute Gasteiger partial charge is 0.497 e. The van der Waals surface area contributed by atoms with Crippen LogP contribution in [0.2, 0.25) is 0 Å². The van der Waals surface area contributed by atoms with Crippen LogP contribution < -0.4 is 9.64 Å². The van der Waals surface area contributed by atoms with Gasteiger partial charge in [-0.2, -0.15) is 0 Å². The zero-order valence-electron chi connectivity index (χ0n) is 19.9. The molecular weight excluding hydrogens is 457 g/mol. The van der Waals surface area contributed by atoms with E-state index in [4.69, 9.17) is 9.72 Å². The van der Waals surface area contributed by atoms with Gasteiger partial charge >= 0.3 is 5.97 Å². The minimum absolute atomic E-state index is 0.0798. The fraction of sp³-hybridized carbons (Fsp3) is 0.207. The van der Waals surface area contributed by atoms with E-state index in [1.807, 2.05) is 30.3 Å². The Morgan fingerprint density at radius 2 is 1.89 bits per heavy atom. The lowest BCUT2D eigenvalue weighted by molar-refractivity contribution is 0.0694. The molecule has 0 bridgehead atoms. The standard InChI is InChI=1S/C29H26FN3O3/c1-36-23-7-4-6-21(17-23)27-24-8-3-2-5-20(24)15-16-33(27)29-31-18-25(28(34)35)26(32-29)14-11-19-9-12-22(30)13-10-19/h2-10,12-13,17-18,27H,11,14-16H2,1H3,(H,34,35). The van der Waals surface area contributed by atoms with Gasteiger partial charge in [0.25, 0.3) is 0 Å². The van der Waals surface area contributed by atoms with E-state index in [0.29, 0.717) is 31.0 Å². The number of carboxylic acids is 1. The van der Waals surface area contributed by atoms with Gasteiger partial charge < -0.3 is 14.7 Å². The lowest BCUT2D eigenvalue weighted by Crippen LogP contribution is -2.37. The monoisotopic (exact) mass is 483 g/mol. The minimum atomic E-state index is -1.07. The molecule has 5 rings (SSSR count). The van der Waals surface area contributed by atoms with Crippen LogP contribution in [-0.2, 0) is 19.3 Å². The Morgan fingerprint density at radius 3 is 2.67 bits per heavy atom. The molecule has 0 saturated heterocycles. The topological polar surface area (TPSA) is 75.5 Å². The van der Waals surface area contributed by atoms with Gasteiger partial charge in [-0.15, -0.1) is 0 Å². The number of fused-ring (bicyclic) bond motifs is 1. The average molecular weight is 484 g/mol. The van der Waals surface area contributed by atoms with Crippen molar-refractivity contribution in [2.45, 2.75) is 25.3 Å². The molecule has 0 amide bonds. The van der Waals surface area contributed by atoms with E-state index >= 15 is 0 Å². The predicted octanol–water partition coefficient (Wildman–Crippen LogP) is 5.26. The van der Waals surface area contributed by atoms with Crippen molar-refractivity contribution in [1.29, 1.82) is 0 Å². The maximum atomic E-state index is 13.3. The molecule has 7 heteroatoms. The van der Waals surface area contributed by atoms with Crippen LogP contribution in [0.4, 0.5) is 10.3 Å². The Balaban J connectivity index is 1.54. The summed E-state index contributed by atoms with van der Waals surface area (Å²) < 4.78 is 18.8. The Morgan fingerprint density at radius 1 is 1.08 bits per heavy atom. The van der Waals surface area contributed by atoms with E-state index in [1.54, 1.807) is 19.2 Å². The van der Waals surface area contributed by atoms with E-state index < -0.39 is 5.97 Å². The smallest absolute Gasteiger partial charge is 0.339 e. The predicted molar refractivity (Wildman–Crippen MR) is 135 cm³/mol. The summed E-state index contributed by atoms with van der Waals surface area (Å²) in [5, 5.41) is 9.76. The first-order chi connectivity index (χ1) is 17.5. The van der Waals surface area contributed by atoms with E-state index in [0.717, 1.165) is 28.9 Å². The van der Waals surface area contributed by atoms with Crippen molar-refractivity contribution in [3.05, 3.63) is 118 Å². The van der Waals surface area contributed by atoms with Crippen LogP contribution in [0.15, 0.2) is 79.0 Å². The Kier molecular flexibility index (Phi) is 6.62. The van der Waals surface area contributed by atoms with Gasteiger partial charge in [0.05, 0.1) is 24.4 Å². The van der Waals surface area contributed by atoms with Crippen molar-refractivity contribution in [2.75, 3.05) is 18.6 Å². The molecule has 4 aromatic rings. The second-order valence-corrected chi connectivity index (χ2v) is 8.78. The summed E-state index contributed by atoms with van der Waals surface area (Å²) >= 11 is 0. The number of rotatable bonds is 7. The maximum absolute atomic E-state index is 13.3. The molecule has 1 N–H and O–H groups in total. The van der Waals surface area contributed by atoms with Crippen molar-refractivity contribution in [3.8, 4) is 5.75 Å². The molecule has 36 heavy (non-hydrogen) atoms. The second-order valence-electron chi connectivity index (χ2n) is 8.78. The molecule has 1 aromatic heterocycles. The number of carboxylic acid groups (broad SMARTS) is 1. The number of benzene rings is 3. The number of carbonyl (C=O) groups is 1. The lowest BCUT2D eigenvalue weighted by Gasteiger charge is -2.38. The third kappa shape index (κ3) is 4.77. The van der Waals surface area contributed by atoms with Crippen molar-refractivity contribution in [1.82, 2.24) is 9.97 Å². The number of hydrogen-bond acceptors (Lipinski definition) is 5. The molecule has 0 fully saturated rings. The number of methoxy groups -OCH3 is 1. The zero-order valence-corrected chi connectivity index (χ0v) is 19.9. The van der Waals surface area contributed by atoms with Gasteiger partial charge in [-0.1, -0.05) is 48.5 Å². The molecule has 2 heterocycles. The summed E-state index contributed by atoms with van der Waals surface area (Å²) in [7, 11) is 1.65. The van der Waals surface area contributed by atoms with Gasteiger partial charge in [0, 0.05) is 12.7 Å². The van der Waals surface area contributed by atoms with Crippen molar-refractivity contribution in [3.63, 3.8) is 0 Å². The van der Waals surface area contributed by atoms with Crippen LogP contribution in [0.25, 0.3) is 0 Å². The average Bonchev–Trinajstić information content (AvgIpc) is 2.92. The molecule has 0 saturated carbocycles. The van der Waals surface area contributed by atoms with E-state index in [2.05, 4.69) is 28.1 Å². The zero-order chi connectivity index (χ0) is 25.1. The molecule has 1 aliphatic rings. The van der Waals surface area contributed by atoms with Gasteiger partial charge in [0.15, 0.2) is 0 Å². The number of aromatic carboxylic acids is 1. The molecule has 182 valence electrons. The number of aryl methyl sites for hydroxylation is 2. The molecule has 1 aliphatic heterocycles. The van der Waals surface area contributed by atoms with Crippen LogP contribution in [0.1, 0.15) is 44.3 Å². The van der Waals surface area contributed by atoms with Gasteiger partial charge in [-0.05, 0) is 65.8 Å². The maximum Gasteiger partial charge on any atom is 0.339 e. The third-order valence-corrected chi connectivity index (χ3v) is 6.60. The van der Waals surface area contributed by atoms with E-state index in [-0.39, 0.29) is 17.4 Å². The van der Waals surface area contributed by atoms with E-state index in [9.17, 15) is 14.3 Å². The summed E-state index contributed by atoms with van der Waals surface area (Å²) in [5.41, 5.74) is 4.92. The number of halogens is 1. The second kappa shape index (κ2) is 10.2. The van der Waals surface area contributed by atoms with Gasteiger partial charge in [-0.25, -0.2) is 19.2 Å². The molecule has 6 nitrogen and oxygen atoms in total. The number of aromatic nitrogens is 2. The molecule has 0 spiro atoms. The van der Waals surface area contributed by atoms with Crippen LogP contribution >= 0.6 is 0 Å². The first-order valence-corrected chi connectivity index (χ1v) is 11.9. The van der Waals surface area contributed by atoms with Gasteiger partial charge in [0.1, 0.15) is 11.6 Å². The molecule has 0 radical (unpaired) electrons. The van der Waals surface area contributed by atoms with E-state index in [1.165, 1.54) is 23.9 Å². The molecule has 0 aliphatic carbocycles. The summed E-state index contributed by atoms with van der Waals surface area (Å²) in [6, 6.07) is 22.4. The quantitative estimate of drug-likeness (QED) is 0.387. The molecule has 1 unspecified atom stereocenters. The summed E-state index contributed by atoms with van der Waals surface area (Å²) in [4.78, 5) is 23.3. The Labute approximate surface area is 209 Å². The number of nitrogens with zero attached hydrogens (tertiary/aromatic N) is 3. The number of hydrogen-bond donors (Lipinski definition) is 1. The van der Waals surface area contributed by atoms with Crippen molar-refractivity contribution in [2.24, 2.45) is 0 Å². The number of ether oxygens (including phenoxy) is 1. The lowest BCUT2D eigenvalue weighted by atomic mass is 9.88. The highest BCUT2D eigenvalue weighted by Gasteiger charge is 2.31. The Hall–Kier alpha value is -4.26. The fourth-order valence-corrected chi connectivity index (χ4v) is 4.78. The van der Waals surface area contributed by atoms with Crippen LogP contribution in [0.3, 0.4) is 0 Å². The van der Waals surface area contributed by atoms with Gasteiger partial charge in [0.2, 0.25) is 5.95 Å². The van der Waals surface area contributed by atoms with Crippen LogP contribution in [0.5, 0.6) is 5.75 Å². The molecule has 3 aromatic carbocycles. The normalized spacial score (nSPS) is 14.8. The van der Waals surface area contributed by atoms with Crippen molar-refractivity contribution >= 4 is 11.9 Å². The summed E-state index contributed by atoms with van der Waals surface area (Å²) in [5.74, 6) is -0.124. The summed E-state index contributed by atoms with van der Waals surface area (Å²) in [6.07, 6.45) is 3.16. The third-order valence-electron chi connectivity index (χ3n) is 6.60. The highest BCUT2D eigenvalue weighted by Crippen LogP contribution is 2.38. The Bertz CT molecular complexity index is 1390. The minimum Gasteiger partial charge on any atom is -0.497 e. The molecule has 1 atom stereocenters. The first-order valence-electron chi connectivity index (χ1n) is 11.9. The fourth-order valence-electron chi connectivity index (χ4n) is 4.78.